The van der Waals surface area contributed by atoms with E-state index in [-0.39, 0.29) is 22.7 Å². The van der Waals surface area contributed by atoms with Gasteiger partial charge in [0.2, 0.25) is 0 Å². The van der Waals surface area contributed by atoms with Gasteiger partial charge in [-0.2, -0.15) is 5.26 Å². The van der Waals surface area contributed by atoms with Gasteiger partial charge in [-0.1, -0.05) is 12.8 Å². The molecular weight excluding hydrogens is 220 g/mol. The lowest BCUT2D eigenvalue weighted by Gasteiger charge is -2.14. The lowest BCUT2D eigenvalue weighted by molar-refractivity contribution is 0.0695. The highest BCUT2D eigenvalue weighted by Crippen LogP contribution is 2.28. The van der Waals surface area contributed by atoms with Crippen LogP contribution in [0.1, 0.15) is 47.6 Å². The third-order valence-electron chi connectivity index (χ3n) is 3.13. The highest BCUT2D eigenvalue weighted by Gasteiger charge is 2.20. The maximum atomic E-state index is 11.9. The van der Waals surface area contributed by atoms with Crippen molar-refractivity contribution < 1.29 is 9.90 Å². The minimum absolute atomic E-state index is 0.00644. The molecule has 17 heavy (non-hydrogen) atoms. The average molecular weight is 232 g/mol. The summed E-state index contributed by atoms with van der Waals surface area (Å²) in [5.74, 6) is -1.12. The Bertz CT molecular complexity index is 548. The number of carbonyl (C=O) groups is 1. The normalized spacial score (nSPS) is 15.7. The van der Waals surface area contributed by atoms with Gasteiger partial charge in [0, 0.05) is 12.2 Å². The Hall–Kier alpha value is -2.09. The Labute approximate surface area is 97.9 Å². The van der Waals surface area contributed by atoms with Gasteiger partial charge in [0.25, 0.3) is 5.56 Å². The van der Waals surface area contributed by atoms with E-state index in [9.17, 15) is 9.59 Å². The van der Waals surface area contributed by atoms with E-state index in [0.717, 1.165) is 31.7 Å². The van der Waals surface area contributed by atoms with Gasteiger partial charge in [0.05, 0.1) is 5.56 Å². The van der Waals surface area contributed by atoms with E-state index in [1.165, 1.54) is 10.8 Å². The maximum absolute atomic E-state index is 11.9. The SMILES string of the molecule is N#Cc1cc(C(=O)O)cn(C2CCCC2)c1=O. The molecule has 1 saturated carbocycles. The predicted molar refractivity (Wildman–Crippen MR) is 59.9 cm³/mol. The summed E-state index contributed by atoms with van der Waals surface area (Å²) in [6, 6.07) is 2.93. The van der Waals surface area contributed by atoms with Crippen LogP contribution in [0.5, 0.6) is 0 Å². The first kappa shape index (κ1) is 11.4. The summed E-state index contributed by atoms with van der Waals surface area (Å²) in [6.45, 7) is 0. The Balaban J connectivity index is 2.57. The van der Waals surface area contributed by atoms with Gasteiger partial charge in [-0.25, -0.2) is 4.79 Å². The van der Waals surface area contributed by atoms with E-state index in [4.69, 9.17) is 10.4 Å². The molecule has 0 spiro atoms. The van der Waals surface area contributed by atoms with Crippen LogP contribution in [-0.4, -0.2) is 15.6 Å². The maximum Gasteiger partial charge on any atom is 0.337 e. The molecule has 1 aromatic heterocycles. The predicted octanol–water partition coefficient (Wildman–Crippen LogP) is 1.53. The monoisotopic (exact) mass is 232 g/mol. The molecule has 0 aliphatic heterocycles. The molecule has 0 bridgehead atoms. The molecule has 0 saturated heterocycles. The first-order valence-electron chi connectivity index (χ1n) is 5.53. The second-order valence-corrected chi connectivity index (χ2v) is 4.21. The second kappa shape index (κ2) is 4.42. The van der Waals surface area contributed by atoms with Crippen LogP contribution in [-0.2, 0) is 0 Å². The van der Waals surface area contributed by atoms with Crippen LogP contribution in [0.3, 0.4) is 0 Å². The number of carboxylic acid groups (broad SMARTS) is 1. The fraction of sp³-hybridized carbons (Fsp3) is 0.417. The van der Waals surface area contributed by atoms with Gasteiger partial charge in [0.1, 0.15) is 11.6 Å². The molecule has 1 aliphatic rings. The van der Waals surface area contributed by atoms with Crippen molar-refractivity contribution in [1.29, 1.82) is 5.26 Å². The molecule has 5 nitrogen and oxygen atoms in total. The van der Waals surface area contributed by atoms with Crippen LogP contribution < -0.4 is 5.56 Å². The summed E-state index contributed by atoms with van der Waals surface area (Å²) in [6.07, 6.45) is 5.16. The van der Waals surface area contributed by atoms with E-state index in [2.05, 4.69) is 0 Å². The Kier molecular flexibility index (Phi) is 2.96. The number of aromatic carboxylic acids is 1. The summed E-state index contributed by atoms with van der Waals surface area (Å²) in [5, 5.41) is 17.8. The van der Waals surface area contributed by atoms with E-state index >= 15 is 0 Å². The molecule has 1 aliphatic carbocycles. The fourth-order valence-corrected chi connectivity index (χ4v) is 2.25. The quantitative estimate of drug-likeness (QED) is 0.838. The van der Waals surface area contributed by atoms with Gasteiger partial charge in [-0.3, -0.25) is 4.79 Å². The minimum atomic E-state index is -1.12. The molecule has 1 aromatic rings. The highest BCUT2D eigenvalue weighted by atomic mass is 16.4. The van der Waals surface area contributed by atoms with Gasteiger partial charge in [0.15, 0.2) is 0 Å². The van der Waals surface area contributed by atoms with E-state index in [1.807, 2.05) is 0 Å². The smallest absolute Gasteiger partial charge is 0.337 e. The van der Waals surface area contributed by atoms with Crippen molar-refractivity contribution in [3.8, 4) is 6.07 Å². The van der Waals surface area contributed by atoms with Crippen molar-refractivity contribution in [2.24, 2.45) is 0 Å². The topological polar surface area (TPSA) is 83.1 Å². The average Bonchev–Trinajstić information content (AvgIpc) is 2.82. The number of aromatic nitrogens is 1. The first-order valence-corrected chi connectivity index (χ1v) is 5.53. The summed E-state index contributed by atoms with van der Waals surface area (Å²) in [4.78, 5) is 22.8. The Morgan fingerprint density at radius 3 is 2.65 bits per heavy atom. The summed E-state index contributed by atoms with van der Waals surface area (Å²) >= 11 is 0. The van der Waals surface area contributed by atoms with E-state index in [0.29, 0.717) is 0 Å². The van der Waals surface area contributed by atoms with Gasteiger partial charge in [-0.05, 0) is 18.9 Å². The van der Waals surface area contributed by atoms with Crippen LogP contribution >= 0.6 is 0 Å². The molecular formula is C12H12N2O3. The molecule has 0 unspecified atom stereocenters. The number of carboxylic acids is 1. The molecule has 1 fully saturated rings. The molecule has 0 aromatic carbocycles. The number of pyridine rings is 1. The summed E-state index contributed by atoms with van der Waals surface area (Å²) in [7, 11) is 0. The molecule has 1 heterocycles. The number of nitrogens with zero attached hydrogens (tertiary/aromatic N) is 2. The van der Waals surface area contributed by atoms with Gasteiger partial charge >= 0.3 is 5.97 Å². The van der Waals surface area contributed by atoms with Crippen molar-refractivity contribution in [2.75, 3.05) is 0 Å². The molecule has 0 amide bonds. The van der Waals surface area contributed by atoms with Crippen molar-refractivity contribution in [2.45, 2.75) is 31.7 Å². The second-order valence-electron chi connectivity index (χ2n) is 4.21. The minimum Gasteiger partial charge on any atom is -0.478 e. The molecule has 0 radical (unpaired) electrons. The van der Waals surface area contributed by atoms with E-state index in [1.54, 1.807) is 6.07 Å². The van der Waals surface area contributed by atoms with Crippen LogP contribution in [0.25, 0.3) is 0 Å². The van der Waals surface area contributed by atoms with Crippen molar-refractivity contribution in [3.05, 3.63) is 33.7 Å². The zero-order valence-electron chi connectivity index (χ0n) is 9.22. The zero-order valence-corrected chi connectivity index (χ0v) is 9.22. The number of hydrogen-bond acceptors (Lipinski definition) is 3. The molecule has 2 rings (SSSR count). The van der Waals surface area contributed by atoms with Crippen LogP contribution in [0, 0.1) is 11.3 Å². The molecule has 5 heteroatoms. The van der Waals surface area contributed by atoms with Gasteiger partial charge < -0.3 is 9.67 Å². The lowest BCUT2D eigenvalue weighted by atomic mass is 10.1. The van der Waals surface area contributed by atoms with Crippen LogP contribution in [0.4, 0.5) is 0 Å². The molecule has 1 N–H and O–H groups in total. The molecule has 0 atom stereocenters. The third kappa shape index (κ3) is 2.07. The van der Waals surface area contributed by atoms with Crippen LogP contribution in [0.15, 0.2) is 17.1 Å². The standard InChI is InChI=1S/C12H12N2O3/c13-6-8-5-9(12(16)17)7-14(11(8)15)10-3-1-2-4-10/h5,7,10H,1-4H2,(H,16,17). The first-order chi connectivity index (χ1) is 8.13. The number of nitriles is 1. The van der Waals surface area contributed by atoms with Crippen LogP contribution in [0.2, 0.25) is 0 Å². The summed E-state index contributed by atoms with van der Waals surface area (Å²) in [5.41, 5.74) is -0.491. The van der Waals surface area contributed by atoms with Crippen molar-refractivity contribution >= 4 is 5.97 Å². The summed E-state index contributed by atoms with van der Waals surface area (Å²) < 4.78 is 1.41. The third-order valence-corrected chi connectivity index (χ3v) is 3.13. The molecule has 88 valence electrons. The van der Waals surface area contributed by atoms with Crippen molar-refractivity contribution in [3.63, 3.8) is 0 Å². The number of rotatable bonds is 2. The number of hydrogen-bond donors (Lipinski definition) is 1. The highest BCUT2D eigenvalue weighted by molar-refractivity contribution is 5.87. The van der Waals surface area contributed by atoms with Crippen molar-refractivity contribution in [1.82, 2.24) is 4.57 Å². The van der Waals surface area contributed by atoms with Gasteiger partial charge in [-0.15, -0.1) is 0 Å². The zero-order chi connectivity index (χ0) is 12.4. The Morgan fingerprint density at radius 1 is 1.47 bits per heavy atom. The van der Waals surface area contributed by atoms with E-state index < -0.39 is 5.97 Å². The Morgan fingerprint density at radius 2 is 2.12 bits per heavy atom. The largest absolute Gasteiger partial charge is 0.478 e. The fourth-order valence-electron chi connectivity index (χ4n) is 2.25. The lowest BCUT2D eigenvalue weighted by Crippen LogP contribution is -2.26.